The Labute approximate surface area is 340 Å². The van der Waals surface area contributed by atoms with Crippen molar-refractivity contribution in [1.29, 1.82) is 0 Å². The molecule has 4 fully saturated rings. The number of rotatable bonds is 9. The molecule has 4 aromatic rings. The second kappa shape index (κ2) is 16.1. The van der Waals surface area contributed by atoms with Crippen molar-refractivity contribution in [2.75, 3.05) is 19.6 Å². The van der Waals surface area contributed by atoms with Crippen LogP contribution in [-0.4, -0.2) is 79.2 Å². The highest BCUT2D eigenvalue weighted by Crippen LogP contribution is 2.39. The highest BCUT2D eigenvalue weighted by molar-refractivity contribution is 7.89. The summed E-state index contributed by atoms with van der Waals surface area (Å²) in [6.07, 6.45) is 6.19. The summed E-state index contributed by atoms with van der Waals surface area (Å²) in [4.78, 5) is 29.4. The first-order valence-corrected chi connectivity index (χ1v) is 22.1. The number of halogens is 1. The van der Waals surface area contributed by atoms with Gasteiger partial charge in [-0.15, -0.1) is 0 Å². The van der Waals surface area contributed by atoms with Gasteiger partial charge in [0.2, 0.25) is 15.9 Å². The lowest BCUT2D eigenvalue weighted by Gasteiger charge is -2.43. The number of likely N-dealkylation sites (tertiary alicyclic amines) is 1. The molecule has 2 aliphatic carbocycles. The Hall–Kier alpha value is -4.32. The molecule has 4 atom stereocenters. The first-order valence-electron chi connectivity index (χ1n) is 20.3. The lowest BCUT2D eigenvalue weighted by atomic mass is 9.91. The molecule has 2 amide bonds. The monoisotopic (exact) mass is 813 g/mol. The van der Waals surface area contributed by atoms with Crippen LogP contribution in [0.25, 0.3) is 21.9 Å². The molecule has 4 aliphatic rings. The number of carbonyl (C=O) groups excluding carboxylic acids is 2. The normalized spacial score (nSPS) is 24.4. The van der Waals surface area contributed by atoms with Gasteiger partial charge in [-0.2, -0.15) is 4.31 Å². The standard InChI is InChI=1S/C45H52ClN3O7S/c1-45(2,3)56-44(51)47-42-33-8-9-34(42)28-48(27-33)43(50)41-26-39(55-37-18-12-30(13-19-37)29-10-16-35(46)17-11-29)22-23-49(41)57(52,53)40-21-15-31-24-38(20-14-32(31)25-40)54-36-6-4-5-7-36/h10-21,24-25,33-34,36,39,41-42H,4-9,22-23,26-28H2,1-3H3,(H,47,51)/t33?,34?,39-,41-,42?/m1/s1. The van der Waals surface area contributed by atoms with Gasteiger partial charge in [-0.25, -0.2) is 13.2 Å². The molecule has 57 heavy (non-hydrogen) atoms. The first kappa shape index (κ1) is 39.5. The zero-order valence-electron chi connectivity index (χ0n) is 32.9. The van der Waals surface area contributed by atoms with Crippen molar-refractivity contribution < 1.29 is 32.2 Å². The SMILES string of the molecule is CC(C)(C)OC(=O)NC1C2CCC1CN(C(=O)[C@H]1C[C@H](Oc3ccc(-c4ccc(Cl)cc4)cc3)CCN1S(=O)(=O)c1ccc3cc(OC4CCCC4)ccc3c1)C2. The predicted octanol–water partition coefficient (Wildman–Crippen LogP) is 8.84. The summed E-state index contributed by atoms with van der Waals surface area (Å²) in [6.45, 7) is 6.49. The molecule has 2 aliphatic heterocycles. The fraction of sp³-hybridized carbons (Fsp3) is 0.467. The topological polar surface area (TPSA) is 114 Å². The van der Waals surface area contributed by atoms with Gasteiger partial charge in [-0.05, 0) is 148 Å². The Kier molecular flexibility index (Phi) is 11.2. The second-order valence-corrected chi connectivity index (χ2v) is 19.5. The fourth-order valence-electron chi connectivity index (χ4n) is 9.15. The molecule has 2 saturated heterocycles. The number of benzene rings is 4. The Morgan fingerprint density at radius 2 is 1.33 bits per heavy atom. The third-order valence-corrected chi connectivity index (χ3v) is 14.1. The molecule has 2 heterocycles. The van der Waals surface area contributed by atoms with Crippen LogP contribution < -0.4 is 14.8 Å². The van der Waals surface area contributed by atoms with Gasteiger partial charge >= 0.3 is 6.09 Å². The van der Waals surface area contributed by atoms with E-state index in [4.69, 9.17) is 25.8 Å². The van der Waals surface area contributed by atoms with Crippen LogP contribution in [0.5, 0.6) is 11.5 Å². The van der Waals surface area contributed by atoms with Crippen molar-refractivity contribution in [2.45, 2.75) is 107 Å². The zero-order chi connectivity index (χ0) is 39.9. The van der Waals surface area contributed by atoms with Crippen molar-refractivity contribution in [1.82, 2.24) is 14.5 Å². The van der Waals surface area contributed by atoms with E-state index in [1.54, 1.807) is 12.1 Å². The molecule has 4 aromatic carbocycles. The van der Waals surface area contributed by atoms with Crippen LogP contribution in [-0.2, 0) is 19.6 Å². The lowest BCUT2D eigenvalue weighted by Crippen LogP contribution is -2.60. The Morgan fingerprint density at radius 1 is 0.737 bits per heavy atom. The fourth-order valence-corrected chi connectivity index (χ4v) is 10.9. The number of ether oxygens (including phenoxy) is 3. The van der Waals surface area contributed by atoms with Gasteiger partial charge in [-0.1, -0.05) is 48.0 Å². The summed E-state index contributed by atoms with van der Waals surface area (Å²) in [5, 5.41) is 5.43. The average Bonchev–Trinajstić information content (AvgIpc) is 3.77. The smallest absolute Gasteiger partial charge is 0.407 e. The highest BCUT2D eigenvalue weighted by atomic mass is 35.5. The number of hydrogen-bond donors (Lipinski definition) is 1. The summed E-state index contributed by atoms with van der Waals surface area (Å²) < 4.78 is 48.9. The molecular formula is C45H52ClN3O7S. The van der Waals surface area contributed by atoms with Crippen LogP contribution in [0.2, 0.25) is 5.02 Å². The van der Waals surface area contributed by atoms with E-state index >= 15 is 0 Å². The average molecular weight is 814 g/mol. The summed E-state index contributed by atoms with van der Waals surface area (Å²) in [5.41, 5.74) is 1.42. The van der Waals surface area contributed by atoms with E-state index in [0.29, 0.717) is 30.3 Å². The molecular weight excluding hydrogens is 762 g/mol. The molecule has 10 nitrogen and oxygen atoms in total. The minimum Gasteiger partial charge on any atom is -0.490 e. The molecule has 0 spiro atoms. The van der Waals surface area contributed by atoms with Gasteiger partial charge in [0, 0.05) is 37.1 Å². The van der Waals surface area contributed by atoms with E-state index in [0.717, 1.165) is 53.3 Å². The van der Waals surface area contributed by atoms with E-state index in [-0.39, 0.29) is 53.9 Å². The number of nitrogens with zero attached hydrogens (tertiary/aromatic N) is 2. The molecule has 0 radical (unpaired) electrons. The lowest BCUT2D eigenvalue weighted by molar-refractivity contribution is -0.140. The number of fused-ring (bicyclic) bond motifs is 3. The van der Waals surface area contributed by atoms with Crippen molar-refractivity contribution in [3.05, 3.63) is 90.0 Å². The third kappa shape index (κ3) is 8.91. The van der Waals surface area contributed by atoms with Gasteiger partial charge in [0.05, 0.1) is 11.0 Å². The van der Waals surface area contributed by atoms with E-state index < -0.39 is 27.8 Å². The summed E-state index contributed by atoms with van der Waals surface area (Å²) in [5.74, 6) is 1.30. The van der Waals surface area contributed by atoms with Crippen molar-refractivity contribution in [2.24, 2.45) is 11.8 Å². The van der Waals surface area contributed by atoms with Crippen molar-refractivity contribution >= 4 is 44.4 Å². The van der Waals surface area contributed by atoms with E-state index in [1.807, 2.05) is 98.5 Å². The van der Waals surface area contributed by atoms with Crippen LogP contribution in [0, 0.1) is 11.8 Å². The molecule has 2 saturated carbocycles. The number of hydrogen-bond acceptors (Lipinski definition) is 7. The Balaban J connectivity index is 1.02. The third-order valence-electron chi connectivity index (χ3n) is 11.9. The zero-order valence-corrected chi connectivity index (χ0v) is 34.4. The number of piperidine rings is 2. The molecule has 8 rings (SSSR count). The Bertz CT molecular complexity index is 2190. The largest absolute Gasteiger partial charge is 0.490 e. The van der Waals surface area contributed by atoms with Crippen LogP contribution in [0.1, 0.15) is 72.1 Å². The Morgan fingerprint density at radius 3 is 2.00 bits per heavy atom. The van der Waals surface area contributed by atoms with Gasteiger partial charge in [0.15, 0.2) is 0 Å². The van der Waals surface area contributed by atoms with Crippen LogP contribution in [0.15, 0.2) is 89.8 Å². The quantitative estimate of drug-likeness (QED) is 0.180. The van der Waals surface area contributed by atoms with Gasteiger partial charge in [0.1, 0.15) is 29.2 Å². The summed E-state index contributed by atoms with van der Waals surface area (Å²) in [7, 11) is -4.09. The summed E-state index contributed by atoms with van der Waals surface area (Å²) in [6, 6.07) is 25.3. The number of nitrogens with one attached hydrogen (secondary N) is 1. The van der Waals surface area contributed by atoms with Crippen LogP contribution >= 0.6 is 11.6 Å². The van der Waals surface area contributed by atoms with E-state index in [1.165, 1.54) is 17.1 Å². The number of alkyl carbamates (subject to hydrolysis) is 1. The predicted molar refractivity (Wildman–Crippen MR) is 221 cm³/mol. The molecule has 2 bridgehead atoms. The van der Waals surface area contributed by atoms with Crippen LogP contribution in [0.3, 0.4) is 0 Å². The molecule has 0 aromatic heterocycles. The molecule has 2 unspecified atom stereocenters. The van der Waals surface area contributed by atoms with Gasteiger partial charge in [-0.3, -0.25) is 4.79 Å². The minimum absolute atomic E-state index is 0.0445. The summed E-state index contributed by atoms with van der Waals surface area (Å²) >= 11 is 6.09. The number of amides is 2. The minimum atomic E-state index is -4.09. The van der Waals surface area contributed by atoms with Gasteiger partial charge in [0.25, 0.3) is 0 Å². The van der Waals surface area contributed by atoms with E-state index in [9.17, 15) is 18.0 Å². The first-order chi connectivity index (χ1) is 27.3. The van der Waals surface area contributed by atoms with Crippen molar-refractivity contribution in [3.63, 3.8) is 0 Å². The second-order valence-electron chi connectivity index (χ2n) is 17.1. The van der Waals surface area contributed by atoms with E-state index in [2.05, 4.69) is 5.32 Å². The van der Waals surface area contributed by atoms with Crippen molar-refractivity contribution in [3.8, 4) is 22.6 Å². The molecule has 12 heteroatoms. The molecule has 1 N–H and O–H groups in total. The highest BCUT2D eigenvalue weighted by Gasteiger charge is 2.48. The number of sulfonamides is 1. The van der Waals surface area contributed by atoms with Crippen LogP contribution in [0.4, 0.5) is 4.79 Å². The maximum Gasteiger partial charge on any atom is 0.407 e. The number of carbonyl (C=O) groups is 2. The molecule has 302 valence electrons. The maximum atomic E-state index is 14.7. The maximum absolute atomic E-state index is 14.7. The van der Waals surface area contributed by atoms with Gasteiger partial charge < -0.3 is 24.4 Å².